The van der Waals surface area contributed by atoms with Crippen molar-refractivity contribution in [1.29, 1.82) is 0 Å². The molecule has 4 nitrogen and oxygen atoms in total. The molecule has 0 heterocycles. The van der Waals surface area contributed by atoms with Gasteiger partial charge >= 0.3 is 6.18 Å². The first-order chi connectivity index (χ1) is 7.95. The molecule has 0 bridgehead atoms. The largest absolute Gasteiger partial charge is 0.411 e. The van der Waals surface area contributed by atoms with Crippen LogP contribution in [0.3, 0.4) is 0 Å². The minimum absolute atomic E-state index is 0.457. The van der Waals surface area contributed by atoms with Gasteiger partial charge in [0.15, 0.2) is 0 Å². The lowest BCUT2D eigenvalue weighted by Gasteiger charge is -2.08. The predicted molar refractivity (Wildman–Crippen MR) is 57.4 cm³/mol. The van der Waals surface area contributed by atoms with Crippen LogP contribution in [0.4, 0.5) is 13.2 Å². The minimum Gasteiger partial charge on any atom is -0.362 e. The second-order valence-corrected chi connectivity index (χ2v) is 3.66. The van der Waals surface area contributed by atoms with E-state index in [4.69, 9.17) is 5.73 Å². The SMILES string of the molecule is NCCCCCCNC(=O)COCC(F)(F)F. The highest BCUT2D eigenvalue weighted by Gasteiger charge is 2.27. The zero-order chi connectivity index (χ0) is 13.1. The van der Waals surface area contributed by atoms with Gasteiger partial charge in [0.2, 0.25) is 5.91 Å². The molecule has 0 aliphatic heterocycles. The molecular weight excluding hydrogens is 237 g/mol. The van der Waals surface area contributed by atoms with Crippen LogP contribution in [0, 0.1) is 0 Å². The Kier molecular flexibility index (Phi) is 8.79. The van der Waals surface area contributed by atoms with Crippen molar-refractivity contribution in [2.24, 2.45) is 5.73 Å². The van der Waals surface area contributed by atoms with Crippen LogP contribution < -0.4 is 11.1 Å². The van der Waals surface area contributed by atoms with Gasteiger partial charge in [-0.1, -0.05) is 12.8 Å². The van der Waals surface area contributed by atoms with Crippen molar-refractivity contribution in [1.82, 2.24) is 5.32 Å². The lowest BCUT2D eigenvalue weighted by Crippen LogP contribution is -2.30. The number of unbranched alkanes of at least 4 members (excludes halogenated alkanes) is 3. The number of nitrogens with two attached hydrogens (primary N) is 1. The molecule has 17 heavy (non-hydrogen) atoms. The molecule has 0 aromatic carbocycles. The van der Waals surface area contributed by atoms with Crippen LogP contribution in [-0.4, -0.2) is 38.4 Å². The van der Waals surface area contributed by atoms with E-state index in [1.807, 2.05) is 0 Å². The van der Waals surface area contributed by atoms with E-state index in [-0.39, 0.29) is 0 Å². The lowest BCUT2D eigenvalue weighted by atomic mass is 10.2. The van der Waals surface area contributed by atoms with E-state index >= 15 is 0 Å². The van der Waals surface area contributed by atoms with Crippen molar-refractivity contribution >= 4 is 5.91 Å². The maximum absolute atomic E-state index is 11.7. The van der Waals surface area contributed by atoms with Crippen LogP contribution in [0.2, 0.25) is 0 Å². The number of hydrogen-bond acceptors (Lipinski definition) is 3. The summed E-state index contributed by atoms with van der Waals surface area (Å²) in [6, 6.07) is 0. The zero-order valence-corrected chi connectivity index (χ0v) is 9.68. The summed E-state index contributed by atoms with van der Waals surface area (Å²) in [6.45, 7) is -0.838. The average Bonchev–Trinajstić information content (AvgIpc) is 2.21. The van der Waals surface area contributed by atoms with Gasteiger partial charge in [0.1, 0.15) is 13.2 Å². The summed E-state index contributed by atoms with van der Waals surface area (Å²) in [7, 11) is 0. The van der Waals surface area contributed by atoms with Crippen LogP contribution >= 0.6 is 0 Å². The summed E-state index contributed by atoms with van der Waals surface area (Å²) in [5.41, 5.74) is 5.30. The number of halogens is 3. The normalized spacial score (nSPS) is 11.5. The summed E-state index contributed by atoms with van der Waals surface area (Å²) in [6.07, 6.45) is -0.700. The Bertz CT molecular complexity index is 210. The number of rotatable bonds is 9. The Hall–Kier alpha value is -0.820. The van der Waals surface area contributed by atoms with Crippen molar-refractivity contribution in [2.45, 2.75) is 31.9 Å². The number of carbonyl (C=O) groups excluding carboxylic acids is 1. The van der Waals surface area contributed by atoms with Gasteiger partial charge in [-0.2, -0.15) is 13.2 Å². The van der Waals surface area contributed by atoms with E-state index in [9.17, 15) is 18.0 Å². The molecule has 0 atom stereocenters. The third-order valence-corrected chi connectivity index (χ3v) is 1.95. The summed E-state index contributed by atoms with van der Waals surface area (Å²) in [5.74, 6) is -0.520. The maximum Gasteiger partial charge on any atom is 0.411 e. The summed E-state index contributed by atoms with van der Waals surface area (Å²) in [5, 5.41) is 2.48. The lowest BCUT2D eigenvalue weighted by molar-refractivity contribution is -0.175. The van der Waals surface area contributed by atoms with E-state index in [0.717, 1.165) is 25.7 Å². The van der Waals surface area contributed by atoms with Crippen molar-refractivity contribution < 1.29 is 22.7 Å². The Morgan fingerprint density at radius 2 is 1.82 bits per heavy atom. The molecule has 1 amide bonds. The molecule has 102 valence electrons. The molecule has 0 aromatic heterocycles. The predicted octanol–water partition coefficient (Wildman–Crippen LogP) is 1.20. The van der Waals surface area contributed by atoms with Crippen molar-refractivity contribution in [3.63, 3.8) is 0 Å². The molecule has 0 rings (SSSR count). The third kappa shape index (κ3) is 13.1. The van der Waals surface area contributed by atoms with Crippen LogP contribution in [0.15, 0.2) is 0 Å². The molecule has 3 N–H and O–H groups in total. The molecule has 0 saturated carbocycles. The molecular formula is C10H19F3N2O2. The number of hydrogen-bond donors (Lipinski definition) is 2. The molecule has 0 fully saturated rings. The van der Waals surface area contributed by atoms with E-state index < -0.39 is 25.3 Å². The fourth-order valence-electron chi connectivity index (χ4n) is 1.16. The van der Waals surface area contributed by atoms with E-state index in [2.05, 4.69) is 10.1 Å². The maximum atomic E-state index is 11.7. The number of alkyl halides is 3. The van der Waals surface area contributed by atoms with Gasteiger partial charge in [-0.15, -0.1) is 0 Å². The zero-order valence-electron chi connectivity index (χ0n) is 9.68. The minimum atomic E-state index is -4.39. The second-order valence-electron chi connectivity index (χ2n) is 3.66. The Balaban J connectivity index is 3.29. The van der Waals surface area contributed by atoms with Gasteiger partial charge in [-0.3, -0.25) is 4.79 Å². The molecule has 0 radical (unpaired) electrons. The second kappa shape index (κ2) is 9.23. The molecule has 0 unspecified atom stereocenters. The quantitative estimate of drug-likeness (QED) is 0.609. The van der Waals surface area contributed by atoms with Gasteiger partial charge in [-0.25, -0.2) is 0 Å². The molecule has 0 spiro atoms. The van der Waals surface area contributed by atoms with Crippen LogP contribution in [0.1, 0.15) is 25.7 Å². The molecule has 0 aliphatic carbocycles. The highest BCUT2D eigenvalue weighted by molar-refractivity contribution is 5.77. The fraction of sp³-hybridized carbons (Fsp3) is 0.900. The van der Waals surface area contributed by atoms with Crippen LogP contribution in [0.25, 0.3) is 0 Å². The van der Waals surface area contributed by atoms with Gasteiger partial charge in [0.05, 0.1) is 0 Å². The fourth-order valence-corrected chi connectivity index (χ4v) is 1.16. The summed E-state index contributed by atoms with van der Waals surface area (Å²) < 4.78 is 39.2. The topological polar surface area (TPSA) is 64.3 Å². The summed E-state index contributed by atoms with van der Waals surface area (Å²) in [4.78, 5) is 11.0. The average molecular weight is 256 g/mol. The first-order valence-electron chi connectivity index (χ1n) is 5.57. The number of nitrogens with one attached hydrogen (secondary N) is 1. The molecule has 7 heteroatoms. The highest BCUT2D eigenvalue weighted by atomic mass is 19.4. The van der Waals surface area contributed by atoms with Crippen LogP contribution in [0.5, 0.6) is 0 Å². The highest BCUT2D eigenvalue weighted by Crippen LogP contribution is 2.13. The van der Waals surface area contributed by atoms with Crippen LogP contribution in [-0.2, 0) is 9.53 Å². The number of ether oxygens (including phenoxy) is 1. The van der Waals surface area contributed by atoms with Gasteiger partial charge in [-0.05, 0) is 19.4 Å². The summed E-state index contributed by atoms with van der Waals surface area (Å²) >= 11 is 0. The van der Waals surface area contributed by atoms with Crippen molar-refractivity contribution in [3.05, 3.63) is 0 Å². The Morgan fingerprint density at radius 1 is 1.18 bits per heavy atom. The van der Waals surface area contributed by atoms with E-state index in [1.165, 1.54) is 0 Å². The first-order valence-corrected chi connectivity index (χ1v) is 5.57. The Morgan fingerprint density at radius 3 is 2.41 bits per heavy atom. The van der Waals surface area contributed by atoms with Gasteiger partial charge in [0, 0.05) is 6.54 Å². The molecule has 0 saturated heterocycles. The first kappa shape index (κ1) is 16.2. The Labute approximate surface area is 98.7 Å². The third-order valence-electron chi connectivity index (χ3n) is 1.95. The van der Waals surface area contributed by atoms with Gasteiger partial charge in [0.25, 0.3) is 0 Å². The number of amides is 1. The van der Waals surface area contributed by atoms with E-state index in [1.54, 1.807) is 0 Å². The standard InChI is InChI=1S/C10H19F3N2O2/c11-10(12,13)8-17-7-9(16)15-6-4-2-1-3-5-14/h1-8,14H2,(H,15,16). The van der Waals surface area contributed by atoms with Crippen molar-refractivity contribution in [3.8, 4) is 0 Å². The van der Waals surface area contributed by atoms with Gasteiger partial charge < -0.3 is 15.8 Å². The number of carbonyl (C=O) groups is 1. The monoisotopic (exact) mass is 256 g/mol. The smallest absolute Gasteiger partial charge is 0.362 e. The van der Waals surface area contributed by atoms with Crippen molar-refractivity contribution in [2.75, 3.05) is 26.3 Å². The molecule has 0 aromatic rings. The molecule has 0 aliphatic rings. The van der Waals surface area contributed by atoms with E-state index in [0.29, 0.717) is 13.1 Å².